The van der Waals surface area contributed by atoms with Crippen molar-refractivity contribution in [3.05, 3.63) is 235 Å². The van der Waals surface area contributed by atoms with Gasteiger partial charge in [0.25, 0.3) is 0 Å². The average molecular weight is 1040 g/mol. The Morgan fingerprint density at radius 2 is 1.17 bits per heavy atom. The van der Waals surface area contributed by atoms with Gasteiger partial charge in [-0.15, -0.1) is 48.1 Å². The molecule has 7 aromatic carbocycles. The minimum Gasteiger partial charge on any atom is -0.509 e. The second-order valence-corrected chi connectivity index (χ2v) is 19.1. The fourth-order valence-electron chi connectivity index (χ4n) is 9.12. The molecular formula is C60H53N4OPt-3. The third-order valence-corrected chi connectivity index (χ3v) is 13.0. The molecule has 66 heavy (non-hydrogen) atoms. The van der Waals surface area contributed by atoms with Gasteiger partial charge in [-0.05, 0) is 75.3 Å². The van der Waals surface area contributed by atoms with Crippen LogP contribution in [0, 0.1) is 24.2 Å². The second kappa shape index (κ2) is 17.6. The third kappa shape index (κ3) is 8.38. The van der Waals surface area contributed by atoms with Crippen LogP contribution in [0.25, 0.3) is 38.8 Å². The van der Waals surface area contributed by atoms with Crippen molar-refractivity contribution >= 4 is 33.2 Å². The first kappa shape index (κ1) is 44.5. The van der Waals surface area contributed by atoms with Crippen LogP contribution in [-0.2, 0) is 31.9 Å². The molecule has 0 N–H and O–H groups in total. The quantitative estimate of drug-likeness (QED) is 0.128. The number of hydrogen-bond acceptors (Lipinski definition) is 4. The van der Waals surface area contributed by atoms with E-state index in [2.05, 4.69) is 246 Å². The van der Waals surface area contributed by atoms with Crippen molar-refractivity contribution in [2.24, 2.45) is 5.41 Å². The number of rotatable bonds is 10. The van der Waals surface area contributed by atoms with Gasteiger partial charge >= 0.3 is 0 Å². The van der Waals surface area contributed by atoms with Crippen LogP contribution in [0.5, 0.6) is 11.5 Å². The molecule has 9 aromatic rings. The van der Waals surface area contributed by atoms with Gasteiger partial charge in [0.2, 0.25) is 0 Å². The van der Waals surface area contributed by atoms with Gasteiger partial charge in [0.15, 0.2) is 0 Å². The van der Waals surface area contributed by atoms with Crippen molar-refractivity contribution in [2.45, 2.75) is 59.3 Å². The van der Waals surface area contributed by atoms with E-state index in [1.165, 1.54) is 39.1 Å². The Morgan fingerprint density at radius 3 is 1.86 bits per heavy atom. The number of hydrogen-bond donors (Lipinski definition) is 0. The summed E-state index contributed by atoms with van der Waals surface area (Å²) in [5.74, 6) is 2.03. The van der Waals surface area contributed by atoms with E-state index < -0.39 is 0 Å². The average Bonchev–Trinajstić information content (AvgIpc) is 3.94. The summed E-state index contributed by atoms with van der Waals surface area (Å²) < 4.78 is 8.86. The van der Waals surface area contributed by atoms with Crippen LogP contribution >= 0.6 is 0 Å². The molecular weight excluding hydrogens is 988 g/mol. The van der Waals surface area contributed by atoms with E-state index in [-0.39, 0.29) is 37.3 Å². The van der Waals surface area contributed by atoms with E-state index >= 15 is 0 Å². The summed E-state index contributed by atoms with van der Waals surface area (Å²) in [6.45, 7) is 18.1. The van der Waals surface area contributed by atoms with Gasteiger partial charge in [-0.3, -0.25) is 0 Å². The van der Waals surface area contributed by atoms with Crippen molar-refractivity contribution in [1.29, 1.82) is 0 Å². The Balaban J connectivity index is 0.00000548. The van der Waals surface area contributed by atoms with Crippen molar-refractivity contribution in [1.82, 2.24) is 9.55 Å². The summed E-state index contributed by atoms with van der Waals surface area (Å²) in [6, 6.07) is 69.3. The smallest absolute Gasteiger partial charge is 0.135 e. The SMILES string of the molecule is CC(C)(C)C1=CN(c2[c-]c(Oc3[c-]c4c(cc3)c3ccccc3n4-c3cc(C(C)(C)c4ccccc4)ccn3)ccc2)[CH-]N1c1cc(-c2ccccc2)cc(C(C)(C)c2ccccc2)c1.[Pt]. The standard InChI is InChI=1S/C60H53N4O.Pt/c1-58(2,3)56-40-62(41-63(56)49-35-43(42-20-11-8-12-21-42)34-47(36-49)60(6,7)45-24-15-10-16-25-45)48-26-19-27-50(38-48)65-51-30-31-53-52-28-17-18-29-54(52)64(55(53)39-51)57-37-46(32-33-61-57)59(4,5)44-22-13-9-14-23-44;/h8-37,40-41H,1-7H3;/q-3;. The van der Waals surface area contributed by atoms with Gasteiger partial charge in [-0.2, -0.15) is 12.1 Å². The van der Waals surface area contributed by atoms with Crippen LogP contribution < -0.4 is 14.5 Å². The molecule has 0 saturated carbocycles. The maximum atomic E-state index is 6.66. The molecule has 0 aliphatic carbocycles. The van der Waals surface area contributed by atoms with Crippen LogP contribution in [0.1, 0.15) is 70.7 Å². The maximum Gasteiger partial charge on any atom is 0.135 e. The number of para-hydroxylation sites is 1. The Hall–Kier alpha value is -6.68. The van der Waals surface area contributed by atoms with E-state index in [1.54, 1.807) is 0 Å². The Morgan fingerprint density at radius 1 is 0.530 bits per heavy atom. The summed E-state index contributed by atoms with van der Waals surface area (Å²) >= 11 is 0. The maximum absolute atomic E-state index is 6.66. The molecule has 5 nitrogen and oxygen atoms in total. The topological polar surface area (TPSA) is 33.5 Å². The minimum absolute atomic E-state index is 0. The monoisotopic (exact) mass is 1040 g/mol. The zero-order chi connectivity index (χ0) is 44.9. The number of nitrogens with zero attached hydrogens (tertiary/aromatic N) is 4. The molecule has 1 aliphatic heterocycles. The molecule has 332 valence electrons. The van der Waals surface area contributed by atoms with E-state index in [0.29, 0.717) is 11.5 Å². The molecule has 0 unspecified atom stereocenters. The van der Waals surface area contributed by atoms with Crippen molar-refractivity contribution in [3.8, 4) is 28.4 Å². The van der Waals surface area contributed by atoms with Gasteiger partial charge in [0, 0.05) is 71.9 Å². The van der Waals surface area contributed by atoms with Crippen molar-refractivity contribution in [2.75, 3.05) is 9.80 Å². The van der Waals surface area contributed by atoms with Crippen LogP contribution in [-0.4, -0.2) is 9.55 Å². The summed E-state index contributed by atoms with van der Waals surface area (Å²) in [4.78, 5) is 9.43. The molecule has 0 fully saturated rings. The zero-order valence-corrected chi connectivity index (χ0v) is 40.8. The Bertz CT molecular complexity index is 3200. The number of benzene rings is 7. The first-order valence-electron chi connectivity index (χ1n) is 22.4. The molecule has 0 spiro atoms. The van der Waals surface area contributed by atoms with E-state index in [1.807, 2.05) is 24.4 Å². The number of allylic oxidation sites excluding steroid dienone is 1. The van der Waals surface area contributed by atoms with Gasteiger partial charge in [-0.1, -0.05) is 169 Å². The van der Waals surface area contributed by atoms with E-state index in [4.69, 9.17) is 9.72 Å². The van der Waals surface area contributed by atoms with Crippen molar-refractivity contribution in [3.63, 3.8) is 0 Å². The number of ether oxygens (including phenoxy) is 1. The van der Waals surface area contributed by atoms with Gasteiger partial charge in [-0.25, -0.2) is 4.98 Å². The van der Waals surface area contributed by atoms with Crippen LogP contribution in [0.3, 0.4) is 0 Å². The number of pyridine rings is 1. The van der Waals surface area contributed by atoms with Gasteiger partial charge in [0.1, 0.15) is 5.82 Å². The summed E-state index contributed by atoms with van der Waals surface area (Å²) in [5.41, 5.74) is 11.8. The molecule has 10 rings (SSSR count). The van der Waals surface area contributed by atoms with E-state index in [9.17, 15) is 0 Å². The first-order chi connectivity index (χ1) is 31.3. The van der Waals surface area contributed by atoms with Crippen molar-refractivity contribution < 1.29 is 25.8 Å². The molecule has 0 amide bonds. The van der Waals surface area contributed by atoms with Gasteiger partial charge < -0.3 is 19.1 Å². The predicted octanol–water partition coefficient (Wildman–Crippen LogP) is 15.2. The minimum atomic E-state index is -0.237. The van der Waals surface area contributed by atoms with Gasteiger partial charge in [0.05, 0.1) is 0 Å². The fraction of sp³-hybridized carbons (Fsp3) is 0.167. The van der Waals surface area contributed by atoms with Crippen LogP contribution in [0.2, 0.25) is 0 Å². The molecule has 2 aromatic heterocycles. The molecule has 0 radical (unpaired) electrons. The molecule has 1 aliphatic rings. The second-order valence-electron chi connectivity index (χ2n) is 19.1. The number of fused-ring (bicyclic) bond motifs is 3. The Labute approximate surface area is 404 Å². The summed E-state index contributed by atoms with van der Waals surface area (Å²) in [5, 5.41) is 2.22. The molecule has 0 bridgehead atoms. The molecule has 6 heteroatoms. The third-order valence-electron chi connectivity index (χ3n) is 13.0. The largest absolute Gasteiger partial charge is 0.509 e. The molecule has 3 heterocycles. The first-order valence-corrected chi connectivity index (χ1v) is 22.4. The Kier molecular flexibility index (Phi) is 11.9. The summed E-state index contributed by atoms with van der Waals surface area (Å²) in [7, 11) is 0. The fourth-order valence-corrected chi connectivity index (χ4v) is 9.12. The normalized spacial score (nSPS) is 13.2. The molecule has 0 saturated heterocycles. The van der Waals surface area contributed by atoms with E-state index in [0.717, 1.165) is 39.0 Å². The molecule has 0 atom stereocenters. The zero-order valence-electron chi connectivity index (χ0n) is 38.5. The van der Waals surface area contributed by atoms with Crippen LogP contribution in [0.15, 0.2) is 194 Å². The number of aromatic nitrogens is 2. The van der Waals surface area contributed by atoms with Crippen LogP contribution in [0.4, 0.5) is 11.4 Å². The number of anilines is 2. The predicted molar refractivity (Wildman–Crippen MR) is 269 cm³/mol. The summed E-state index contributed by atoms with van der Waals surface area (Å²) in [6.07, 6.45) is 4.14.